The molecule has 0 radical (unpaired) electrons. The summed E-state index contributed by atoms with van der Waals surface area (Å²) >= 11 is 0. The highest BCUT2D eigenvalue weighted by molar-refractivity contribution is 5.76. The van der Waals surface area contributed by atoms with Crippen LogP contribution in [0.3, 0.4) is 0 Å². The largest absolute Gasteiger partial charge is 0.496 e. The molecule has 0 spiro atoms. The fourth-order valence-corrected chi connectivity index (χ4v) is 2.46. The van der Waals surface area contributed by atoms with E-state index in [1.807, 2.05) is 0 Å². The first kappa shape index (κ1) is 16.6. The fourth-order valence-electron chi connectivity index (χ4n) is 2.46. The van der Waals surface area contributed by atoms with Crippen molar-refractivity contribution in [3.8, 4) is 5.75 Å². The monoisotopic (exact) mass is 316 g/mol. The molecule has 0 unspecified atom stereocenters. The maximum absolute atomic E-state index is 12.8. The van der Waals surface area contributed by atoms with E-state index >= 15 is 0 Å². The Balaban J connectivity index is 2.05. The summed E-state index contributed by atoms with van der Waals surface area (Å²) in [5.41, 5.74) is -0.321. The first-order valence-corrected chi connectivity index (χ1v) is 7.14. The van der Waals surface area contributed by atoms with Crippen LogP contribution in [0.25, 0.3) is 0 Å². The van der Waals surface area contributed by atoms with Crippen LogP contribution in [-0.2, 0) is 17.4 Å². The predicted molar refractivity (Wildman–Crippen MR) is 75.8 cm³/mol. The van der Waals surface area contributed by atoms with Gasteiger partial charge in [0.2, 0.25) is 5.91 Å². The average molecular weight is 316 g/mol. The molecule has 2 rings (SSSR count). The number of methoxy groups -OCH3 is 1. The Morgan fingerprint density at radius 2 is 2.00 bits per heavy atom. The number of carbonyl (C=O) groups is 1. The second kappa shape index (κ2) is 7.00. The Bertz CT molecular complexity index is 526. The number of hydrogen-bond donors (Lipinski definition) is 1. The zero-order valence-electron chi connectivity index (χ0n) is 12.4. The van der Waals surface area contributed by atoms with Crippen LogP contribution in [0.2, 0.25) is 0 Å². The number of amides is 1. The maximum atomic E-state index is 12.8. The van der Waals surface area contributed by atoms with Gasteiger partial charge in [-0.3, -0.25) is 4.79 Å². The number of piperazine rings is 1. The maximum Gasteiger partial charge on any atom is 0.416 e. The van der Waals surface area contributed by atoms with E-state index in [9.17, 15) is 18.0 Å². The molecule has 1 aliphatic rings. The van der Waals surface area contributed by atoms with Gasteiger partial charge in [-0.1, -0.05) is 0 Å². The van der Waals surface area contributed by atoms with Gasteiger partial charge in [0.1, 0.15) is 5.75 Å². The summed E-state index contributed by atoms with van der Waals surface area (Å²) in [6.07, 6.45) is -3.99. The molecule has 4 nitrogen and oxygen atoms in total. The van der Waals surface area contributed by atoms with E-state index in [-0.39, 0.29) is 18.7 Å². The molecule has 0 saturated carbocycles. The Kier molecular flexibility index (Phi) is 5.28. The van der Waals surface area contributed by atoms with Crippen LogP contribution in [0.4, 0.5) is 13.2 Å². The molecule has 1 aliphatic heterocycles. The predicted octanol–water partition coefficient (Wildman–Crippen LogP) is 2.08. The topological polar surface area (TPSA) is 41.6 Å². The van der Waals surface area contributed by atoms with Gasteiger partial charge in [-0.25, -0.2) is 0 Å². The minimum Gasteiger partial charge on any atom is -0.496 e. The number of benzene rings is 1. The summed E-state index contributed by atoms with van der Waals surface area (Å²) in [5, 5.41) is 3.15. The van der Waals surface area contributed by atoms with Crippen molar-refractivity contribution in [2.45, 2.75) is 19.0 Å². The van der Waals surface area contributed by atoms with Gasteiger partial charge in [-0.2, -0.15) is 13.2 Å². The molecule has 0 aromatic heterocycles. The summed E-state index contributed by atoms with van der Waals surface area (Å²) in [5.74, 6) is 0.335. The number of alkyl halides is 3. The van der Waals surface area contributed by atoms with Crippen molar-refractivity contribution < 1.29 is 22.7 Å². The van der Waals surface area contributed by atoms with Gasteiger partial charge in [0.15, 0.2) is 0 Å². The van der Waals surface area contributed by atoms with Crippen molar-refractivity contribution in [2.24, 2.45) is 0 Å². The minimum atomic E-state index is -4.40. The smallest absolute Gasteiger partial charge is 0.416 e. The van der Waals surface area contributed by atoms with Crippen molar-refractivity contribution in [3.63, 3.8) is 0 Å². The highest BCUT2D eigenvalue weighted by Gasteiger charge is 2.31. The van der Waals surface area contributed by atoms with E-state index in [0.29, 0.717) is 24.4 Å². The molecule has 0 bridgehead atoms. The Hall–Kier alpha value is -1.76. The average Bonchev–Trinajstić information content (AvgIpc) is 2.52. The van der Waals surface area contributed by atoms with Gasteiger partial charge in [0, 0.05) is 32.6 Å². The van der Waals surface area contributed by atoms with Gasteiger partial charge in [0.05, 0.1) is 12.7 Å². The van der Waals surface area contributed by atoms with Crippen LogP contribution in [0.15, 0.2) is 18.2 Å². The molecular formula is C15H19F3N2O2. The van der Waals surface area contributed by atoms with Crippen LogP contribution in [0.1, 0.15) is 17.5 Å². The standard InChI is InChI=1S/C15H19F3N2O2/c1-22-13-4-3-12(15(16,17)18)10-11(13)2-5-14(21)20-8-6-19-7-9-20/h3-4,10,19H,2,5-9H2,1H3. The molecule has 0 aliphatic carbocycles. The van der Waals surface area contributed by atoms with E-state index < -0.39 is 11.7 Å². The number of hydrogen-bond acceptors (Lipinski definition) is 3. The lowest BCUT2D eigenvalue weighted by Gasteiger charge is -2.27. The summed E-state index contributed by atoms with van der Waals surface area (Å²) in [4.78, 5) is 13.8. The van der Waals surface area contributed by atoms with Gasteiger partial charge in [0.25, 0.3) is 0 Å². The van der Waals surface area contributed by atoms with Crippen LogP contribution >= 0.6 is 0 Å². The van der Waals surface area contributed by atoms with Gasteiger partial charge >= 0.3 is 6.18 Å². The minimum absolute atomic E-state index is 0.0408. The Morgan fingerprint density at radius 3 is 2.59 bits per heavy atom. The zero-order valence-corrected chi connectivity index (χ0v) is 12.4. The zero-order chi connectivity index (χ0) is 16.2. The van der Waals surface area contributed by atoms with E-state index in [1.54, 1.807) is 4.90 Å². The molecule has 122 valence electrons. The van der Waals surface area contributed by atoms with E-state index in [2.05, 4.69) is 5.32 Å². The number of rotatable bonds is 4. The molecule has 7 heteroatoms. The third kappa shape index (κ3) is 4.13. The number of nitrogens with one attached hydrogen (secondary N) is 1. The van der Waals surface area contributed by atoms with Crippen LogP contribution in [-0.4, -0.2) is 44.1 Å². The number of halogens is 3. The summed E-state index contributed by atoms with van der Waals surface area (Å²) in [6, 6.07) is 3.35. The molecule has 1 amide bonds. The van der Waals surface area contributed by atoms with Crippen LogP contribution in [0.5, 0.6) is 5.75 Å². The molecule has 1 saturated heterocycles. The third-order valence-electron chi connectivity index (χ3n) is 3.69. The lowest BCUT2D eigenvalue weighted by Crippen LogP contribution is -2.46. The van der Waals surface area contributed by atoms with Gasteiger partial charge in [-0.05, 0) is 30.2 Å². The summed E-state index contributed by atoms with van der Waals surface area (Å²) < 4.78 is 43.4. The van der Waals surface area contributed by atoms with Crippen molar-refractivity contribution in [3.05, 3.63) is 29.3 Å². The molecule has 1 aromatic carbocycles. The van der Waals surface area contributed by atoms with Crippen molar-refractivity contribution in [1.29, 1.82) is 0 Å². The quantitative estimate of drug-likeness (QED) is 0.925. The SMILES string of the molecule is COc1ccc(C(F)(F)F)cc1CCC(=O)N1CCNCC1. The third-order valence-corrected chi connectivity index (χ3v) is 3.69. The van der Waals surface area contributed by atoms with Gasteiger partial charge in [-0.15, -0.1) is 0 Å². The second-order valence-corrected chi connectivity index (χ2v) is 5.16. The highest BCUT2D eigenvalue weighted by Crippen LogP contribution is 2.33. The Labute approximate surface area is 127 Å². The van der Waals surface area contributed by atoms with Crippen molar-refractivity contribution >= 4 is 5.91 Å². The Morgan fingerprint density at radius 1 is 1.32 bits per heavy atom. The normalized spacial score (nSPS) is 15.7. The molecule has 1 aromatic rings. The fraction of sp³-hybridized carbons (Fsp3) is 0.533. The van der Waals surface area contributed by atoms with Crippen molar-refractivity contribution in [2.75, 3.05) is 33.3 Å². The first-order chi connectivity index (χ1) is 10.4. The number of nitrogens with zero attached hydrogens (tertiary/aromatic N) is 1. The summed E-state index contributed by atoms with van der Waals surface area (Å²) in [7, 11) is 1.41. The molecule has 22 heavy (non-hydrogen) atoms. The van der Waals surface area contributed by atoms with E-state index in [4.69, 9.17) is 4.74 Å². The van der Waals surface area contributed by atoms with Crippen LogP contribution < -0.4 is 10.1 Å². The number of carbonyl (C=O) groups excluding carboxylic acids is 1. The first-order valence-electron chi connectivity index (χ1n) is 7.14. The number of aryl methyl sites for hydroxylation is 1. The second-order valence-electron chi connectivity index (χ2n) is 5.16. The van der Waals surface area contributed by atoms with Crippen molar-refractivity contribution in [1.82, 2.24) is 10.2 Å². The summed E-state index contributed by atoms with van der Waals surface area (Å²) in [6.45, 7) is 2.77. The molecule has 1 N–H and O–H groups in total. The molecule has 0 atom stereocenters. The lowest BCUT2D eigenvalue weighted by molar-refractivity contribution is -0.137. The van der Waals surface area contributed by atoms with E-state index in [0.717, 1.165) is 25.2 Å². The lowest BCUT2D eigenvalue weighted by atomic mass is 10.0. The molecular weight excluding hydrogens is 297 g/mol. The number of ether oxygens (including phenoxy) is 1. The van der Waals surface area contributed by atoms with E-state index in [1.165, 1.54) is 13.2 Å². The van der Waals surface area contributed by atoms with Gasteiger partial charge < -0.3 is 15.0 Å². The van der Waals surface area contributed by atoms with Crippen LogP contribution in [0, 0.1) is 0 Å². The highest BCUT2D eigenvalue weighted by atomic mass is 19.4. The molecule has 1 fully saturated rings. The molecule has 1 heterocycles.